The molecule has 6 nitrogen and oxygen atoms in total. The second-order valence-electron chi connectivity index (χ2n) is 4.29. The minimum absolute atomic E-state index is 0.0295. The Morgan fingerprint density at radius 2 is 1.78 bits per heavy atom. The zero-order chi connectivity index (χ0) is 14.1. The zero-order valence-electron chi connectivity index (χ0n) is 11.4. The number of carboxylic acids is 1. The number of likely N-dealkylation sites (N-methyl/N-ethyl adjacent to an activating group) is 1. The van der Waals surface area contributed by atoms with Crippen LogP contribution in [0.2, 0.25) is 0 Å². The molecule has 0 saturated heterocycles. The number of aliphatic hydroxyl groups is 1. The van der Waals surface area contributed by atoms with E-state index in [9.17, 15) is 14.7 Å². The molecule has 0 aliphatic carbocycles. The van der Waals surface area contributed by atoms with E-state index in [1.807, 2.05) is 13.8 Å². The molecular weight excluding hydrogens is 236 g/mol. The molecule has 106 valence electrons. The van der Waals surface area contributed by atoms with Crippen LogP contribution in [0.1, 0.15) is 27.2 Å². The van der Waals surface area contributed by atoms with Gasteiger partial charge < -0.3 is 15.1 Å². The lowest BCUT2D eigenvalue weighted by atomic mass is 10.3. The highest BCUT2D eigenvalue weighted by molar-refractivity contribution is 5.78. The lowest BCUT2D eigenvalue weighted by molar-refractivity contribution is -0.138. The minimum atomic E-state index is -0.902. The van der Waals surface area contributed by atoms with Crippen molar-refractivity contribution < 1.29 is 19.8 Å². The molecule has 0 aliphatic heterocycles. The smallest absolute Gasteiger partial charge is 0.304 e. The second kappa shape index (κ2) is 8.88. The van der Waals surface area contributed by atoms with Gasteiger partial charge in [0.25, 0.3) is 0 Å². The van der Waals surface area contributed by atoms with E-state index >= 15 is 0 Å². The van der Waals surface area contributed by atoms with Crippen LogP contribution in [0.5, 0.6) is 0 Å². The number of rotatable bonds is 9. The molecule has 0 radical (unpaired) electrons. The maximum absolute atomic E-state index is 11.9. The summed E-state index contributed by atoms with van der Waals surface area (Å²) in [7, 11) is 0. The summed E-state index contributed by atoms with van der Waals surface area (Å²) in [6.45, 7) is 7.42. The summed E-state index contributed by atoms with van der Waals surface area (Å²) in [5, 5.41) is 18.0. The Kier molecular flexibility index (Phi) is 8.32. The Balaban J connectivity index is 4.37. The molecule has 6 heteroatoms. The summed E-state index contributed by atoms with van der Waals surface area (Å²) in [6, 6.07) is 0. The summed E-state index contributed by atoms with van der Waals surface area (Å²) in [4.78, 5) is 25.8. The van der Waals surface area contributed by atoms with Gasteiger partial charge in [-0.3, -0.25) is 14.5 Å². The number of hydrogen-bond donors (Lipinski definition) is 2. The fourth-order valence-electron chi connectivity index (χ4n) is 1.73. The van der Waals surface area contributed by atoms with E-state index in [1.165, 1.54) is 0 Å². The van der Waals surface area contributed by atoms with Gasteiger partial charge in [0.15, 0.2) is 0 Å². The van der Waals surface area contributed by atoms with E-state index in [0.717, 1.165) is 0 Å². The molecule has 0 aliphatic rings. The molecule has 0 fully saturated rings. The third-order valence-corrected chi connectivity index (χ3v) is 2.64. The van der Waals surface area contributed by atoms with Gasteiger partial charge in [0.2, 0.25) is 5.91 Å². The predicted octanol–water partition coefficient (Wildman–Crippen LogP) is 0.0123. The van der Waals surface area contributed by atoms with E-state index in [1.54, 1.807) is 16.7 Å². The van der Waals surface area contributed by atoms with Crippen molar-refractivity contribution in [1.29, 1.82) is 0 Å². The second-order valence-corrected chi connectivity index (χ2v) is 4.29. The summed E-state index contributed by atoms with van der Waals surface area (Å²) >= 11 is 0. The molecule has 1 atom stereocenters. The van der Waals surface area contributed by atoms with Crippen molar-refractivity contribution in [2.75, 3.05) is 32.7 Å². The van der Waals surface area contributed by atoms with Gasteiger partial charge in [-0.05, 0) is 20.8 Å². The van der Waals surface area contributed by atoms with Crippen LogP contribution in [0.3, 0.4) is 0 Å². The van der Waals surface area contributed by atoms with Crippen LogP contribution in [0.4, 0.5) is 0 Å². The fourth-order valence-corrected chi connectivity index (χ4v) is 1.73. The Bertz CT molecular complexity index is 265. The normalized spacial score (nSPS) is 12.5. The molecule has 0 aromatic carbocycles. The molecule has 0 aromatic heterocycles. The van der Waals surface area contributed by atoms with E-state index < -0.39 is 12.1 Å². The molecule has 0 heterocycles. The number of carbonyl (C=O) groups excluding carboxylic acids is 1. The number of nitrogens with zero attached hydrogens (tertiary/aromatic N) is 2. The Morgan fingerprint density at radius 1 is 1.22 bits per heavy atom. The largest absolute Gasteiger partial charge is 0.481 e. The van der Waals surface area contributed by atoms with Crippen molar-refractivity contribution in [2.45, 2.75) is 33.3 Å². The molecule has 0 rings (SSSR count). The first-order valence-corrected chi connectivity index (χ1v) is 6.30. The highest BCUT2D eigenvalue weighted by Gasteiger charge is 2.17. The standard InChI is InChI=1S/C12H24N2O4/c1-4-14(5-2)11(16)9-13(8-10(3)15)7-6-12(17)18/h10,15H,4-9H2,1-3H3,(H,17,18). The number of aliphatic carboxylic acids is 1. The number of carbonyl (C=O) groups is 2. The van der Waals surface area contributed by atoms with Gasteiger partial charge in [0, 0.05) is 26.2 Å². The Morgan fingerprint density at radius 3 is 2.17 bits per heavy atom. The molecule has 0 aromatic rings. The average molecular weight is 260 g/mol. The lowest BCUT2D eigenvalue weighted by Crippen LogP contribution is -2.43. The van der Waals surface area contributed by atoms with Crippen LogP contribution >= 0.6 is 0 Å². The number of hydrogen-bond acceptors (Lipinski definition) is 4. The highest BCUT2D eigenvalue weighted by atomic mass is 16.4. The van der Waals surface area contributed by atoms with Crippen LogP contribution in [0.25, 0.3) is 0 Å². The van der Waals surface area contributed by atoms with Crippen LogP contribution < -0.4 is 0 Å². The van der Waals surface area contributed by atoms with Gasteiger partial charge in [-0.2, -0.15) is 0 Å². The number of amides is 1. The molecule has 1 amide bonds. The summed E-state index contributed by atoms with van der Waals surface area (Å²) < 4.78 is 0. The quantitative estimate of drug-likeness (QED) is 0.610. The van der Waals surface area contributed by atoms with E-state index in [4.69, 9.17) is 5.11 Å². The first kappa shape index (κ1) is 16.9. The van der Waals surface area contributed by atoms with Gasteiger partial charge in [-0.1, -0.05) is 0 Å². The van der Waals surface area contributed by atoms with Crippen LogP contribution in [0, 0.1) is 0 Å². The van der Waals surface area contributed by atoms with E-state index in [2.05, 4.69) is 0 Å². The van der Waals surface area contributed by atoms with Crippen molar-refractivity contribution in [1.82, 2.24) is 9.80 Å². The Hall–Kier alpha value is -1.14. The molecule has 0 bridgehead atoms. The molecule has 1 unspecified atom stereocenters. The fraction of sp³-hybridized carbons (Fsp3) is 0.833. The monoisotopic (exact) mass is 260 g/mol. The minimum Gasteiger partial charge on any atom is -0.481 e. The SMILES string of the molecule is CCN(CC)C(=O)CN(CCC(=O)O)CC(C)O. The first-order valence-electron chi connectivity index (χ1n) is 6.30. The summed E-state index contributed by atoms with van der Waals surface area (Å²) in [5.41, 5.74) is 0. The third kappa shape index (κ3) is 7.24. The van der Waals surface area contributed by atoms with Crippen molar-refractivity contribution in [2.24, 2.45) is 0 Å². The number of aliphatic hydroxyl groups excluding tert-OH is 1. The Labute approximate surface area is 108 Å². The topological polar surface area (TPSA) is 81.1 Å². The maximum Gasteiger partial charge on any atom is 0.304 e. The summed E-state index contributed by atoms with van der Waals surface area (Å²) in [5.74, 6) is -0.938. The zero-order valence-corrected chi connectivity index (χ0v) is 11.4. The average Bonchev–Trinajstić information content (AvgIpc) is 2.26. The first-order chi connectivity index (χ1) is 8.40. The predicted molar refractivity (Wildman–Crippen MR) is 68.3 cm³/mol. The van der Waals surface area contributed by atoms with E-state index in [0.29, 0.717) is 19.6 Å². The van der Waals surface area contributed by atoms with Gasteiger partial charge >= 0.3 is 5.97 Å². The van der Waals surface area contributed by atoms with E-state index in [-0.39, 0.29) is 25.4 Å². The van der Waals surface area contributed by atoms with Gasteiger partial charge in [0.1, 0.15) is 0 Å². The van der Waals surface area contributed by atoms with Gasteiger partial charge in [0.05, 0.1) is 19.1 Å². The van der Waals surface area contributed by atoms with Crippen molar-refractivity contribution >= 4 is 11.9 Å². The highest BCUT2D eigenvalue weighted by Crippen LogP contribution is 1.99. The molecule has 0 saturated carbocycles. The number of carboxylic acid groups (broad SMARTS) is 1. The molecular formula is C12H24N2O4. The maximum atomic E-state index is 11.9. The molecule has 2 N–H and O–H groups in total. The van der Waals surface area contributed by atoms with Crippen molar-refractivity contribution in [3.8, 4) is 0 Å². The van der Waals surface area contributed by atoms with Crippen molar-refractivity contribution in [3.63, 3.8) is 0 Å². The summed E-state index contributed by atoms with van der Waals surface area (Å²) in [6.07, 6.45) is -0.610. The molecule has 18 heavy (non-hydrogen) atoms. The van der Waals surface area contributed by atoms with Gasteiger partial charge in [-0.15, -0.1) is 0 Å². The van der Waals surface area contributed by atoms with Gasteiger partial charge in [-0.25, -0.2) is 0 Å². The lowest BCUT2D eigenvalue weighted by Gasteiger charge is -2.26. The van der Waals surface area contributed by atoms with Crippen molar-refractivity contribution in [3.05, 3.63) is 0 Å². The van der Waals surface area contributed by atoms with Crippen LogP contribution in [-0.4, -0.2) is 70.7 Å². The van der Waals surface area contributed by atoms with Crippen LogP contribution in [0.15, 0.2) is 0 Å². The molecule has 0 spiro atoms. The van der Waals surface area contributed by atoms with Crippen LogP contribution in [-0.2, 0) is 9.59 Å². The third-order valence-electron chi connectivity index (χ3n) is 2.64.